The number of hydrogen-bond donors (Lipinski definition) is 1. The van der Waals surface area contributed by atoms with E-state index in [9.17, 15) is 4.79 Å². The molecule has 0 aromatic carbocycles. The molecule has 22 heavy (non-hydrogen) atoms. The summed E-state index contributed by atoms with van der Waals surface area (Å²) in [6.45, 7) is 1.52. The van der Waals surface area contributed by atoms with Crippen LogP contribution in [0.1, 0.15) is 40.5 Å². The molecule has 0 radical (unpaired) electrons. The summed E-state index contributed by atoms with van der Waals surface area (Å²) in [4.78, 5) is 18.8. The van der Waals surface area contributed by atoms with Crippen LogP contribution >= 0.6 is 0 Å². The van der Waals surface area contributed by atoms with Gasteiger partial charge in [-0.05, 0) is 55.8 Å². The minimum absolute atomic E-state index is 0.167. The molecular formula is C16H19N5O. The van der Waals surface area contributed by atoms with Crippen molar-refractivity contribution in [2.24, 2.45) is 0 Å². The highest BCUT2D eigenvalue weighted by Gasteiger charge is 2.23. The number of hydrogen-bond acceptors (Lipinski definition) is 5. The molecule has 1 saturated heterocycles. The fourth-order valence-corrected chi connectivity index (χ4v) is 2.81. The third-order valence-corrected chi connectivity index (χ3v) is 4.02. The highest BCUT2D eigenvalue weighted by atomic mass is 16.1. The molecule has 1 N–H and O–H groups in total. The van der Waals surface area contributed by atoms with Gasteiger partial charge in [-0.1, -0.05) is 0 Å². The van der Waals surface area contributed by atoms with Crippen LogP contribution in [-0.4, -0.2) is 39.6 Å². The van der Waals surface area contributed by atoms with E-state index in [0.29, 0.717) is 18.3 Å². The van der Waals surface area contributed by atoms with E-state index in [-0.39, 0.29) is 5.91 Å². The fourth-order valence-electron chi connectivity index (χ4n) is 2.81. The van der Waals surface area contributed by atoms with Crippen LogP contribution in [0.3, 0.4) is 0 Å². The number of amides is 1. The lowest BCUT2D eigenvalue weighted by atomic mass is 10.1. The van der Waals surface area contributed by atoms with Crippen LogP contribution in [0.5, 0.6) is 0 Å². The molecule has 0 unspecified atom stereocenters. The van der Waals surface area contributed by atoms with Crippen molar-refractivity contribution in [2.75, 3.05) is 13.6 Å². The molecule has 0 aliphatic carbocycles. The SMILES string of the molecule is CN1CCC[C@H]1c1ccnc(C(=O)NCc2ccnnc2)c1. The zero-order valence-corrected chi connectivity index (χ0v) is 12.6. The quantitative estimate of drug-likeness (QED) is 0.927. The predicted octanol–water partition coefficient (Wildman–Crippen LogP) is 1.57. The first-order valence-electron chi connectivity index (χ1n) is 7.44. The largest absolute Gasteiger partial charge is 0.347 e. The van der Waals surface area contributed by atoms with Crippen LogP contribution in [0.15, 0.2) is 36.8 Å². The zero-order valence-electron chi connectivity index (χ0n) is 12.6. The highest BCUT2D eigenvalue weighted by molar-refractivity contribution is 5.92. The number of likely N-dealkylation sites (tertiary alicyclic amines) is 1. The molecule has 0 bridgehead atoms. The van der Waals surface area contributed by atoms with E-state index in [1.54, 1.807) is 18.6 Å². The molecule has 2 aromatic heterocycles. The lowest BCUT2D eigenvalue weighted by Gasteiger charge is -2.19. The molecule has 1 aliphatic heterocycles. The Morgan fingerprint density at radius 1 is 1.36 bits per heavy atom. The zero-order chi connectivity index (χ0) is 15.4. The summed E-state index contributed by atoms with van der Waals surface area (Å²) in [5, 5.41) is 10.4. The maximum Gasteiger partial charge on any atom is 0.270 e. The minimum Gasteiger partial charge on any atom is -0.347 e. The van der Waals surface area contributed by atoms with Gasteiger partial charge in [0.25, 0.3) is 5.91 Å². The van der Waals surface area contributed by atoms with E-state index in [0.717, 1.165) is 24.1 Å². The monoisotopic (exact) mass is 297 g/mol. The number of rotatable bonds is 4. The third kappa shape index (κ3) is 3.28. The van der Waals surface area contributed by atoms with E-state index in [1.165, 1.54) is 6.42 Å². The maximum atomic E-state index is 12.2. The topological polar surface area (TPSA) is 71.0 Å². The van der Waals surface area contributed by atoms with Crippen molar-refractivity contribution in [3.05, 3.63) is 53.6 Å². The number of aromatic nitrogens is 3. The van der Waals surface area contributed by atoms with E-state index in [4.69, 9.17) is 0 Å². The van der Waals surface area contributed by atoms with Crippen molar-refractivity contribution in [1.29, 1.82) is 0 Å². The normalized spacial score (nSPS) is 18.3. The van der Waals surface area contributed by atoms with Crippen LogP contribution < -0.4 is 5.32 Å². The van der Waals surface area contributed by atoms with E-state index < -0.39 is 0 Å². The van der Waals surface area contributed by atoms with Crippen LogP contribution in [0.4, 0.5) is 0 Å². The second-order valence-electron chi connectivity index (χ2n) is 5.55. The number of nitrogens with one attached hydrogen (secondary N) is 1. The molecule has 6 nitrogen and oxygen atoms in total. The number of carbonyl (C=O) groups excluding carboxylic acids is 1. The molecule has 1 aliphatic rings. The molecule has 6 heteroatoms. The molecule has 1 fully saturated rings. The average molecular weight is 297 g/mol. The smallest absolute Gasteiger partial charge is 0.270 e. The first-order chi connectivity index (χ1) is 10.7. The molecule has 2 aromatic rings. The first kappa shape index (κ1) is 14.6. The van der Waals surface area contributed by atoms with Gasteiger partial charge < -0.3 is 5.32 Å². The highest BCUT2D eigenvalue weighted by Crippen LogP contribution is 2.30. The van der Waals surface area contributed by atoms with Gasteiger partial charge in [-0.25, -0.2) is 0 Å². The predicted molar refractivity (Wildman–Crippen MR) is 82.0 cm³/mol. The Morgan fingerprint density at radius 3 is 3.00 bits per heavy atom. The van der Waals surface area contributed by atoms with Crippen molar-refractivity contribution >= 4 is 5.91 Å². The Hall–Kier alpha value is -2.34. The maximum absolute atomic E-state index is 12.2. The summed E-state index contributed by atoms with van der Waals surface area (Å²) in [6.07, 6.45) is 7.28. The van der Waals surface area contributed by atoms with Crippen molar-refractivity contribution < 1.29 is 4.79 Å². The van der Waals surface area contributed by atoms with Gasteiger partial charge in [0.05, 0.1) is 6.20 Å². The van der Waals surface area contributed by atoms with Crippen LogP contribution in [0, 0.1) is 0 Å². The molecule has 0 spiro atoms. The average Bonchev–Trinajstić information content (AvgIpc) is 3.00. The number of nitrogens with zero attached hydrogens (tertiary/aromatic N) is 4. The van der Waals surface area contributed by atoms with E-state index in [2.05, 4.69) is 32.4 Å². The Labute approximate surface area is 129 Å². The van der Waals surface area contributed by atoms with Gasteiger partial charge in [0.15, 0.2) is 0 Å². The van der Waals surface area contributed by atoms with Crippen LogP contribution in [0.2, 0.25) is 0 Å². The number of carbonyl (C=O) groups is 1. The summed E-state index contributed by atoms with van der Waals surface area (Å²) >= 11 is 0. The van der Waals surface area contributed by atoms with Crippen LogP contribution in [0.25, 0.3) is 0 Å². The minimum atomic E-state index is -0.167. The molecule has 3 heterocycles. The van der Waals surface area contributed by atoms with Gasteiger partial charge in [-0.3, -0.25) is 14.7 Å². The second kappa shape index (κ2) is 6.62. The van der Waals surface area contributed by atoms with E-state index in [1.807, 2.05) is 18.2 Å². The summed E-state index contributed by atoms with van der Waals surface area (Å²) in [7, 11) is 2.12. The van der Waals surface area contributed by atoms with Crippen molar-refractivity contribution in [2.45, 2.75) is 25.4 Å². The molecule has 3 rings (SSSR count). The molecule has 114 valence electrons. The Bertz CT molecular complexity index is 646. The van der Waals surface area contributed by atoms with Crippen molar-refractivity contribution in [3.63, 3.8) is 0 Å². The molecule has 1 atom stereocenters. The van der Waals surface area contributed by atoms with Gasteiger partial charge in [-0.2, -0.15) is 10.2 Å². The van der Waals surface area contributed by atoms with Gasteiger partial charge in [-0.15, -0.1) is 0 Å². The summed E-state index contributed by atoms with van der Waals surface area (Å²) < 4.78 is 0. The molecular weight excluding hydrogens is 278 g/mol. The molecule has 0 saturated carbocycles. The lowest BCUT2D eigenvalue weighted by Crippen LogP contribution is -2.24. The Morgan fingerprint density at radius 2 is 2.27 bits per heavy atom. The Balaban J connectivity index is 1.67. The molecule has 1 amide bonds. The standard InChI is InChI=1S/C16H19N5O/c1-21-8-2-3-15(21)13-5-6-17-14(9-13)16(22)18-10-12-4-7-19-20-11-12/h4-7,9,11,15H,2-3,8,10H2,1H3,(H,18,22)/t15-/m0/s1. The van der Waals surface area contributed by atoms with Crippen molar-refractivity contribution in [1.82, 2.24) is 25.4 Å². The Kier molecular flexibility index (Phi) is 4.39. The van der Waals surface area contributed by atoms with Crippen molar-refractivity contribution in [3.8, 4) is 0 Å². The summed E-state index contributed by atoms with van der Waals surface area (Å²) in [6, 6.07) is 6.10. The van der Waals surface area contributed by atoms with Gasteiger partial charge >= 0.3 is 0 Å². The summed E-state index contributed by atoms with van der Waals surface area (Å²) in [5.74, 6) is -0.167. The van der Waals surface area contributed by atoms with E-state index >= 15 is 0 Å². The second-order valence-corrected chi connectivity index (χ2v) is 5.55. The van der Waals surface area contributed by atoms with Gasteiger partial charge in [0.1, 0.15) is 5.69 Å². The summed E-state index contributed by atoms with van der Waals surface area (Å²) in [5.41, 5.74) is 2.53. The van der Waals surface area contributed by atoms with Gasteiger partial charge in [0, 0.05) is 25.0 Å². The fraction of sp³-hybridized carbons (Fsp3) is 0.375. The van der Waals surface area contributed by atoms with Gasteiger partial charge in [0.2, 0.25) is 0 Å². The lowest BCUT2D eigenvalue weighted by molar-refractivity contribution is 0.0945. The number of pyridine rings is 1. The first-order valence-corrected chi connectivity index (χ1v) is 7.44. The van der Waals surface area contributed by atoms with Crippen LogP contribution in [-0.2, 0) is 6.54 Å². The third-order valence-electron chi connectivity index (χ3n) is 4.02.